The number of hydrogen-bond acceptors (Lipinski definition) is 2. The zero-order valence-corrected chi connectivity index (χ0v) is 26.2. The van der Waals surface area contributed by atoms with E-state index in [4.69, 9.17) is 0 Å². The average molecular weight is 579 g/mol. The van der Waals surface area contributed by atoms with Gasteiger partial charge in [-0.05, 0) is 59.9 Å². The van der Waals surface area contributed by atoms with Crippen molar-refractivity contribution in [3.8, 4) is 0 Å². The van der Waals surface area contributed by atoms with Gasteiger partial charge < -0.3 is 20.9 Å². The number of urea groups is 1. The molecular weight excluding hydrogens is 532 g/mol. The molecule has 6 heteroatoms. The predicted molar refractivity (Wildman–Crippen MR) is 177 cm³/mol. The Kier molecular flexibility index (Phi) is 9.24. The number of nitrogens with one attached hydrogen (secondary N) is 4. The molecule has 3 atom stereocenters. The van der Waals surface area contributed by atoms with Crippen LogP contribution in [0.15, 0.2) is 79.0 Å². The standard InChI is InChI=1S/C37H46N4O2/c1-24(2)28-18-13-19-29(25(3)4)34(28)40-36(43)41-37(5,22-27-23-38-32-20-11-9-17-31(27)32)35(42)39-33-21-12-10-16-30(33)26-14-7-6-8-15-26/h6-9,11,13-15,17-20,23-25,30,33,38H,10,12,16,21-22H2,1-5H3,(H,39,42)(H2,40,41,43)/t30?,33?,37-/m0/s1. The minimum absolute atomic E-state index is 0.00464. The SMILES string of the molecule is CC(C)c1cccc(C(C)C)c1NC(=O)N[C@@](C)(Cc1c[nH]c2ccccc12)C(=O)NC1CCCCC1c1ccccc1. The van der Waals surface area contributed by atoms with Crippen molar-refractivity contribution in [3.63, 3.8) is 0 Å². The van der Waals surface area contributed by atoms with Gasteiger partial charge in [-0.2, -0.15) is 0 Å². The van der Waals surface area contributed by atoms with E-state index in [1.54, 1.807) is 0 Å². The highest BCUT2D eigenvalue weighted by molar-refractivity contribution is 5.97. The quantitative estimate of drug-likeness (QED) is 0.161. The molecule has 4 N–H and O–H groups in total. The Morgan fingerprint density at radius 3 is 2.21 bits per heavy atom. The van der Waals surface area contributed by atoms with Gasteiger partial charge in [-0.3, -0.25) is 4.79 Å². The molecule has 0 saturated heterocycles. The van der Waals surface area contributed by atoms with Crippen LogP contribution in [0.4, 0.5) is 10.5 Å². The summed E-state index contributed by atoms with van der Waals surface area (Å²) in [5, 5.41) is 10.8. The molecule has 0 spiro atoms. The molecule has 6 nitrogen and oxygen atoms in total. The zero-order valence-electron chi connectivity index (χ0n) is 26.2. The van der Waals surface area contributed by atoms with Crippen molar-refractivity contribution in [2.75, 3.05) is 5.32 Å². The van der Waals surface area contributed by atoms with Crippen LogP contribution in [0.5, 0.6) is 0 Å². The van der Waals surface area contributed by atoms with Crippen molar-refractivity contribution >= 4 is 28.5 Å². The number of para-hydroxylation sites is 2. The molecule has 0 radical (unpaired) electrons. The Hall–Kier alpha value is -4.06. The Balaban J connectivity index is 1.45. The van der Waals surface area contributed by atoms with Crippen molar-refractivity contribution in [3.05, 3.63) is 101 Å². The highest BCUT2D eigenvalue weighted by Crippen LogP contribution is 2.35. The van der Waals surface area contributed by atoms with Gasteiger partial charge in [0.05, 0.1) is 0 Å². The van der Waals surface area contributed by atoms with Gasteiger partial charge in [0.2, 0.25) is 5.91 Å². The first-order valence-corrected chi connectivity index (χ1v) is 15.8. The van der Waals surface area contributed by atoms with Gasteiger partial charge in [0, 0.05) is 41.2 Å². The molecule has 2 unspecified atom stereocenters. The molecule has 0 aliphatic heterocycles. The number of carbonyl (C=O) groups is 2. The molecule has 226 valence electrons. The highest BCUT2D eigenvalue weighted by atomic mass is 16.2. The summed E-state index contributed by atoms with van der Waals surface area (Å²) in [7, 11) is 0. The van der Waals surface area contributed by atoms with Crippen molar-refractivity contribution in [1.29, 1.82) is 0 Å². The van der Waals surface area contributed by atoms with Crippen LogP contribution in [-0.2, 0) is 11.2 Å². The number of amides is 3. The monoisotopic (exact) mass is 578 g/mol. The number of rotatable bonds is 9. The number of hydrogen-bond donors (Lipinski definition) is 4. The summed E-state index contributed by atoms with van der Waals surface area (Å²) in [5.74, 6) is 0.547. The molecule has 43 heavy (non-hydrogen) atoms. The summed E-state index contributed by atoms with van der Waals surface area (Å²) in [5.41, 5.74) is 5.04. The fraction of sp³-hybridized carbons (Fsp3) is 0.405. The van der Waals surface area contributed by atoms with E-state index >= 15 is 0 Å². The number of carbonyl (C=O) groups excluding carboxylic acids is 2. The third-order valence-electron chi connectivity index (χ3n) is 9.03. The van der Waals surface area contributed by atoms with Gasteiger partial charge in [-0.25, -0.2) is 4.79 Å². The van der Waals surface area contributed by atoms with Gasteiger partial charge in [0.15, 0.2) is 0 Å². The van der Waals surface area contributed by atoms with Crippen LogP contribution in [0.1, 0.15) is 100 Å². The van der Waals surface area contributed by atoms with Crippen LogP contribution in [0.25, 0.3) is 10.9 Å². The van der Waals surface area contributed by atoms with Gasteiger partial charge in [-0.1, -0.05) is 107 Å². The minimum Gasteiger partial charge on any atom is -0.361 e. The maximum Gasteiger partial charge on any atom is 0.320 e. The topological polar surface area (TPSA) is 86.0 Å². The second kappa shape index (κ2) is 13.1. The molecule has 1 saturated carbocycles. The van der Waals surface area contributed by atoms with Crippen LogP contribution in [0, 0.1) is 0 Å². The summed E-state index contributed by atoms with van der Waals surface area (Å²) < 4.78 is 0. The molecule has 1 aromatic heterocycles. The first-order valence-electron chi connectivity index (χ1n) is 15.8. The first-order chi connectivity index (χ1) is 20.7. The molecule has 0 bridgehead atoms. The van der Waals surface area contributed by atoms with E-state index in [0.717, 1.165) is 59.0 Å². The molecule has 1 aliphatic rings. The molecule has 5 rings (SSSR count). The van der Waals surface area contributed by atoms with Crippen LogP contribution in [0.3, 0.4) is 0 Å². The van der Waals surface area contributed by atoms with Crippen molar-refractivity contribution in [2.24, 2.45) is 0 Å². The van der Waals surface area contributed by atoms with Crippen molar-refractivity contribution in [2.45, 2.75) is 96.1 Å². The fourth-order valence-electron chi connectivity index (χ4n) is 6.66. The lowest BCUT2D eigenvalue weighted by molar-refractivity contribution is -0.127. The molecule has 1 fully saturated rings. The third kappa shape index (κ3) is 6.79. The Morgan fingerprint density at radius 2 is 1.51 bits per heavy atom. The molecule has 4 aromatic rings. The van der Waals surface area contributed by atoms with E-state index in [1.165, 1.54) is 5.56 Å². The summed E-state index contributed by atoms with van der Waals surface area (Å²) >= 11 is 0. The number of fused-ring (bicyclic) bond motifs is 1. The molecule has 3 aromatic carbocycles. The van der Waals surface area contributed by atoms with E-state index < -0.39 is 5.54 Å². The van der Waals surface area contributed by atoms with Gasteiger partial charge in [0.1, 0.15) is 5.54 Å². The first kappa shape index (κ1) is 30.4. The maximum atomic E-state index is 14.3. The molecule has 1 aliphatic carbocycles. The predicted octanol–water partition coefficient (Wildman–Crippen LogP) is 8.38. The van der Waals surface area contributed by atoms with Crippen LogP contribution in [0.2, 0.25) is 0 Å². The van der Waals surface area contributed by atoms with Gasteiger partial charge in [-0.15, -0.1) is 0 Å². The van der Waals surface area contributed by atoms with Crippen LogP contribution in [-0.4, -0.2) is 28.5 Å². The molecular formula is C37H46N4O2. The lowest BCUT2D eigenvalue weighted by atomic mass is 9.79. The van der Waals surface area contributed by atoms with Crippen LogP contribution >= 0.6 is 0 Å². The maximum absolute atomic E-state index is 14.3. The van der Waals surface area contributed by atoms with E-state index in [9.17, 15) is 9.59 Å². The highest BCUT2D eigenvalue weighted by Gasteiger charge is 2.39. The number of H-pyrrole nitrogens is 1. The van der Waals surface area contributed by atoms with Crippen molar-refractivity contribution < 1.29 is 9.59 Å². The van der Waals surface area contributed by atoms with E-state index in [-0.39, 0.29) is 35.7 Å². The molecule has 1 heterocycles. The zero-order chi connectivity index (χ0) is 30.6. The lowest BCUT2D eigenvalue weighted by Crippen LogP contribution is -2.61. The van der Waals surface area contributed by atoms with E-state index in [0.29, 0.717) is 6.42 Å². The second-order valence-electron chi connectivity index (χ2n) is 12.9. The lowest BCUT2D eigenvalue weighted by Gasteiger charge is -2.37. The van der Waals surface area contributed by atoms with Crippen LogP contribution < -0.4 is 16.0 Å². The molecule has 3 amide bonds. The Labute approximate surface area is 256 Å². The average Bonchev–Trinajstić information content (AvgIpc) is 3.39. The third-order valence-corrected chi connectivity index (χ3v) is 9.03. The summed E-state index contributed by atoms with van der Waals surface area (Å²) in [6, 6.07) is 24.4. The van der Waals surface area contributed by atoms with Gasteiger partial charge in [0.25, 0.3) is 0 Å². The summed E-state index contributed by atoms with van der Waals surface area (Å²) in [4.78, 5) is 31.5. The fourth-order valence-corrected chi connectivity index (χ4v) is 6.66. The van der Waals surface area contributed by atoms with Crippen molar-refractivity contribution in [1.82, 2.24) is 15.6 Å². The number of aromatic nitrogens is 1. The minimum atomic E-state index is -1.20. The van der Waals surface area contributed by atoms with E-state index in [1.807, 2.05) is 37.4 Å². The summed E-state index contributed by atoms with van der Waals surface area (Å²) in [6.45, 7) is 10.4. The summed E-state index contributed by atoms with van der Waals surface area (Å²) in [6.07, 6.45) is 6.47. The van der Waals surface area contributed by atoms with E-state index in [2.05, 4.69) is 97.2 Å². The number of aromatic amines is 1. The normalized spacial score (nSPS) is 18.4. The number of benzene rings is 3. The Bertz CT molecular complexity index is 1530. The smallest absolute Gasteiger partial charge is 0.320 e. The van der Waals surface area contributed by atoms with Gasteiger partial charge >= 0.3 is 6.03 Å². The second-order valence-corrected chi connectivity index (χ2v) is 12.9. The largest absolute Gasteiger partial charge is 0.361 e. The number of anilines is 1. The Morgan fingerprint density at radius 1 is 0.860 bits per heavy atom.